The van der Waals surface area contributed by atoms with Crippen molar-refractivity contribution < 1.29 is 9.53 Å². The van der Waals surface area contributed by atoms with Gasteiger partial charge in [-0.15, -0.1) is 5.10 Å². The quantitative estimate of drug-likeness (QED) is 0.503. The molecule has 0 spiro atoms. The van der Waals surface area contributed by atoms with E-state index in [1.807, 2.05) is 49.4 Å². The van der Waals surface area contributed by atoms with Crippen LogP contribution in [0.1, 0.15) is 38.3 Å². The number of hydrogen-bond acceptors (Lipinski definition) is 5. The summed E-state index contributed by atoms with van der Waals surface area (Å²) in [6, 6.07) is 17.7. The monoisotopic (exact) mass is 410 g/mol. The fourth-order valence-corrected chi connectivity index (χ4v) is 3.71. The van der Waals surface area contributed by atoms with Gasteiger partial charge in [-0.25, -0.2) is 4.98 Å². The van der Waals surface area contributed by atoms with Gasteiger partial charge in [0.25, 0.3) is 0 Å². The Labute approximate surface area is 175 Å². The van der Waals surface area contributed by atoms with Gasteiger partial charge in [0.05, 0.1) is 18.4 Å². The maximum absolute atomic E-state index is 12.7. The van der Waals surface area contributed by atoms with Crippen LogP contribution >= 0.6 is 11.8 Å². The Kier molecular flexibility index (Phi) is 7.30. The molecule has 0 fully saturated rings. The zero-order valence-corrected chi connectivity index (χ0v) is 17.7. The Bertz CT molecular complexity index is 912. The molecule has 2 N–H and O–H groups in total. The lowest BCUT2D eigenvalue weighted by molar-refractivity contribution is -0.121. The zero-order valence-electron chi connectivity index (χ0n) is 16.9. The number of thioether (sulfide) groups is 1. The third-order valence-corrected chi connectivity index (χ3v) is 5.54. The number of nitrogens with one attached hydrogen (secondary N) is 2. The number of nitrogens with zero attached hydrogens (tertiary/aromatic N) is 2. The molecule has 0 aliphatic heterocycles. The van der Waals surface area contributed by atoms with Crippen molar-refractivity contribution in [1.29, 1.82) is 0 Å². The van der Waals surface area contributed by atoms with E-state index in [-0.39, 0.29) is 17.2 Å². The minimum Gasteiger partial charge on any atom is -0.497 e. The third kappa shape index (κ3) is 5.60. The first-order chi connectivity index (χ1) is 14.1. The van der Waals surface area contributed by atoms with Crippen LogP contribution in [0, 0.1) is 0 Å². The Morgan fingerprint density at radius 3 is 2.55 bits per heavy atom. The summed E-state index contributed by atoms with van der Waals surface area (Å²) in [5, 5.41) is 10.6. The maximum Gasteiger partial charge on any atom is 0.233 e. The summed E-state index contributed by atoms with van der Waals surface area (Å²) >= 11 is 1.34. The highest BCUT2D eigenvalue weighted by molar-refractivity contribution is 8.00. The summed E-state index contributed by atoms with van der Waals surface area (Å²) in [4.78, 5) is 17.2. The van der Waals surface area contributed by atoms with Crippen LogP contribution in [0.15, 0.2) is 59.8 Å². The molecule has 0 bridgehead atoms. The molecule has 7 heteroatoms. The van der Waals surface area contributed by atoms with Crippen molar-refractivity contribution in [1.82, 2.24) is 20.5 Å². The van der Waals surface area contributed by atoms with E-state index in [4.69, 9.17) is 4.74 Å². The lowest BCUT2D eigenvalue weighted by atomic mass is 10.0. The Morgan fingerprint density at radius 1 is 1.17 bits per heavy atom. The first kappa shape index (κ1) is 20.9. The van der Waals surface area contributed by atoms with E-state index < -0.39 is 0 Å². The first-order valence-electron chi connectivity index (χ1n) is 9.69. The van der Waals surface area contributed by atoms with Gasteiger partial charge >= 0.3 is 0 Å². The minimum absolute atomic E-state index is 0.0127. The van der Waals surface area contributed by atoms with Crippen LogP contribution in [0.2, 0.25) is 0 Å². The molecule has 3 rings (SSSR count). The minimum atomic E-state index is -0.308. The summed E-state index contributed by atoms with van der Waals surface area (Å²) in [6.45, 7) is 3.99. The van der Waals surface area contributed by atoms with E-state index in [2.05, 4.69) is 39.6 Å². The second-order valence-corrected chi connectivity index (χ2v) is 8.02. The summed E-state index contributed by atoms with van der Waals surface area (Å²) in [7, 11) is 1.63. The first-order valence-corrected chi connectivity index (χ1v) is 10.6. The number of carbonyl (C=O) groups is 1. The number of benzene rings is 2. The number of aromatic nitrogens is 3. The zero-order chi connectivity index (χ0) is 20.6. The lowest BCUT2D eigenvalue weighted by Gasteiger charge is -2.20. The van der Waals surface area contributed by atoms with Crippen molar-refractivity contribution in [3.05, 3.63) is 60.2 Å². The average molecular weight is 411 g/mol. The molecule has 3 aromatic rings. The topological polar surface area (TPSA) is 79.9 Å². The summed E-state index contributed by atoms with van der Waals surface area (Å²) in [5.74, 6) is 1.43. The predicted molar refractivity (Wildman–Crippen MR) is 116 cm³/mol. The Balaban J connectivity index is 1.62. The van der Waals surface area contributed by atoms with Gasteiger partial charge in [0.1, 0.15) is 5.75 Å². The molecular formula is C22H26N4O2S. The SMILES string of the molecule is CCC[C@@H](NC(=O)[C@H](C)Sc1n[nH]c(-c2ccc(OC)cc2)n1)c1ccccc1. The van der Waals surface area contributed by atoms with Gasteiger partial charge < -0.3 is 10.1 Å². The maximum atomic E-state index is 12.7. The van der Waals surface area contributed by atoms with E-state index in [1.165, 1.54) is 11.8 Å². The summed E-state index contributed by atoms with van der Waals surface area (Å²) < 4.78 is 5.18. The van der Waals surface area contributed by atoms with Crippen molar-refractivity contribution in [3.8, 4) is 17.1 Å². The number of H-pyrrole nitrogens is 1. The highest BCUT2D eigenvalue weighted by atomic mass is 32.2. The molecule has 152 valence electrons. The second-order valence-electron chi connectivity index (χ2n) is 6.72. The van der Waals surface area contributed by atoms with Gasteiger partial charge in [0, 0.05) is 5.56 Å². The standard InChI is InChI=1S/C22H26N4O2S/c1-4-8-19(16-9-6-5-7-10-16)23-21(27)15(2)29-22-24-20(25-26-22)17-11-13-18(28-3)14-12-17/h5-7,9-15,19H,4,8H2,1-3H3,(H,23,27)(H,24,25,26)/t15-,19+/m0/s1. The Morgan fingerprint density at radius 2 is 1.90 bits per heavy atom. The van der Waals surface area contributed by atoms with Gasteiger partial charge in [-0.05, 0) is 43.2 Å². The smallest absolute Gasteiger partial charge is 0.233 e. The number of methoxy groups -OCH3 is 1. The normalized spacial score (nSPS) is 12.9. The van der Waals surface area contributed by atoms with E-state index >= 15 is 0 Å². The molecule has 0 radical (unpaired) electrons. The number of amides is 1. The highest BCUT2D eigenvalue weighted by Gasteiger charge is 2.21. The molecule has 0 unspecified atom stereocenters. The van der Waals surface area contributed by atoms with Gasteiger partial charge in [0.15, 0.2) is 5.82 Å². The van der Waals surface area contributed by atoms with Crippen molar-refractivity contribution in [2.45, 2.75) is 43.1 Å². The van der Waals surface area contributed by atoms with Crippen molar-refractivity contribution in [3.63, 3.8) is 0 Å². The summed E-state index contributed by atoms with van der Waals surface area (Å²) in [5.41, 5.74) is 2.04. The van der Waals surface area contributed by atoms with Crippen LogP contribution in [0.25, 0.3) is 11.4 Å². The molecule has 2 aromatic carbocycles. The average Bonchev–Trinajstić information content (AvgIpc) is 3.22. The molecule has 0 saturated heterocycles. The van der Waals surface area contributed by atoms with Crippen LogP contribution in [0.4, 0.5) is 0 Å². The lowest BCUT2D eigenvalue weighted by Crippen LogP contribution is -2.34. The fourth-order valence-electron chi connectivity index (χ4n) is 2.97. The molecule has 29 heavy (non-hydrogen) atoms. The third-order valence-electron chi connectivity index (χ3n) is 4.58. The molecule has 1 heterocycles. The fraction of sp³-hybridized carbons (Fsp3) is 0.318. The van der Waals surface area contributed by atoms with Crippen LogP contribution in [0.3, 0.4) is 0 Å². The van der Waals surface area contributed by atoms with Crippen LogP contribution in [-0.4, -0.2) is 33.4 Å². The number of hydrogen-bond donors (Lipinski definition) is 2. The van der Waals surface area contributed by atoms with Gasteiger partial charge in [-0.2, -0.15) is 0 Å². The molecule has 0 saturated carbocycles. The highest BCUT2D eigenvalue weighted by Crippen LogP contribution is 2.25. The molecule has 2 atom stereocenters. The van der Waals surface area contributed by atoms with E-state index in [0.717, 1.165) is 29.7 Å². The molecule has 0 aliphatic carbocycles. The van der Waals surface area contributed by atoms with E-state index in [0.29, 0.717) is 11.0 Å². The number of aromatic amines is 1. The van der Waals surface area contributed by atoms with Crippen LogP contribution in [-0.2, 0) is 4.79 Å². The molecule has 1 aromatic heterocycles. The molecule has 1 amide bonds. The predicted octanol–water partition coefficient (Wildman–Crippen LogP) is 4.62. The van der Waals surface area contributed by atoms with Crippen molar-refractivity contribution >= 4 is 17.7 Å². The second kappa shape index (κ2) is 10.1. The largest absolute Gasteiger partial charge is 0.497 e. The summed E-state index contributed by atoms with van der Waals surface area (Å²) in [6.07, 6.45) is 1.89. The number of rotatable bonds is 9. The Hall–Kier alpha value is -2.80. The number of ether oxygens (including phenoxy) is 1. The van der Waals surface area contributed by atoms with E-state index in [9.17, 15) is 4.79 Å². The molecule has 0 aliphatic rings. The molecule has 6 nitrogen and oxygen atoms in total. The van der Waals surface area contributed by atoms with Crippen LogP contribution < -0.4 is 10.1 Å². The van der Waals surface area contributed by atoms with Crippen molar-refractivity contribution in [2.24, 2.45) is 0 Å². The van der Waals surface area contributed by atoms with Gasteiger partial charge in [-0.1, -0.05) is 55.4 Å². The van der Waals surface area contributed by atoms with Gasteiger partial charge in [-0.3, -0.25) is 9.89 Å². The molecular weight excluding hydrogens is 384 g/mol. The van der Waals surface area contributed by atoms with Gasteiger partial charge in [0.2, 0.25) is 11.1 Å². The van der Waals surface area contributed by atoms with E-state index in [1.54, 1.807) is 7.11 Å². The van der Waals surface area contributed by atoms with Crippen LogP contribution in [0.5, 0.6) is 5.75 Å². The number of carbonyl (C=O) groups excluding carboxylic acids is 1. The van der Waals surface area contributed by atoms with Crippen molar-refractivity contribution in [2.75, 3.05) is 7.11 Å².